The lowest BCUT2D eigenvalue weighted by Gasteiger charge is -2.31. The SMILES string of the molecule is CN(C)c1nc(NC2CCC(c3ccccc3ONC(=O)c3ccccc3)CC2)nc2c1CCCC2. The molecule has 2 N–H and O–H groups in total. The van der Waals surface area contributed by atoms with E-state index in [1.807, 2.05) is 36.4 Å². The molecule has 0 spiro atoms. The van der Waals surface area contributed by atoms with Crippen molar-refractivity contribution in [2.24, 2.45) is 0 Å². The summed E-state index contributed by atoms with van der Waals surface area (Å²) >= 11 is 0. The lowest BCUT2D eigenvalue weighted by molar-refractivity contribution is 0.0756. The van der Waals surface area contributed by atoms with Crippen molar-refractivity contribution in [2.45, 2.75) is 63.3 Å². The van der Waals surface area contributed by atoms with Crippen molar-refractivity contribution < 1.29 is 9.63 Å². The second-order valence-corrected chi connectivity index (χ2v) is 10.0. The molecular weight excluding hydrogens is 450 g/mol. The number of anilines is 2. The Morgan fingerprint density at radius 2 is 1.64 bits per heavy atom. The van der Waals surface area contributed by atoms with Gasteiger partial charge in [0.05, 0.1) is 5.69 Å². The van der Waals surface area contributed by atoms with E-state index in [0.29, 0.717) is 23.3 Å². The van der Waals surface area contributed by atoms with Crippen LogP contribution in [0.1, 0.15) is 71.6 Å². The molecule has 1 heterocycles. The maximum atomic E-state index is 12.4. The average molecular weight is 486 g/mol. The molecule has 0 aliphatic heterocycles. The zero-order valence-electron chi connectivity index (χ0n) is 21.2. The number of hydrogen-bond acceptors (Lipinski definition) is 6. The largest absolute Gasteiger partial charge is 0.379 e. The standard InChI is InChI=1S/C29H35N5O2/c1-34(2)27-24-13-6-8-14-25(24)31-29(32-27)30-22-18-16-20(17-19-22)23-12-7-9-15-26(23)36-33-28(35)21-10-4-3-5-11-21/h3-5,7,9-12,15,20,22H,6,8,13-14,16-19H2,1-2H3,(H,33,35)(H,30,31,32). The highest BCUT2D eigenvalue weighted by molar-refractivity contribution is 5.93. The first kappa shape index (κ1) is 24.1. The van der Waals surface area contributed by atoms with Gasteiger partial charge in [-0.25, -0.2) is 4.98 Å². The molecule has 0 atom stereocenters. The summed E-state index contributed by atoms with van der Waals surface area (Å²) in [6.07, 6.45) is 8.68. The number of hydrogen-bond donors (Lipinski definition) is 2. The van der Waals surface area contributed by atoms with E-state index >= 15 is 0 Å². The minimum absolute atomic E-state index is 0.250. The number of fused-ring (bicyclic) bond motifs is 1. The zero-order chi connectivity index (χ0) is 24.9. The molecule has 1 aromatic heterocycles. The second kappa shape index (κ2) is 11.0. The van der Waals surface area contributed by atoms with E-state index in [-0.39, 0.29) is 5.91 Å². The third kappa shape index (κ3) is 5.45. The second-order valence-electron chi connectivity index (χ2n) is 10.0. The van der Waals surface area contributed by atoms with Crippen LogP contribution in [0.2, 0.25) is 0 Å². The van der Waals surface area contributed by atoms with E-state index in [4.69, 9.17) is 14.8 Å². The Bertz CT molecular complexity index is 1190. The number of aromatic nitrogens is 2. The zero-order valence-corrected chi connectivity index (χ0v) is 21.2. The molecule has 1 amide bonds. The molecule has 2 aliphatic rings. The van der Waals surface area contributed by atoms with E-state index in [1.165, 1.54) is 24.1 Å². The number of benzene rings is 2. The summed E-state index contributed by atoms with van der Waals surface area (Å²) in [4.78, 5) is 30.1. The molecule has 188 valence electrons. The van der Waals surface area contributed by atoms with Crippen LogP contribution in [0.25, 0.3) is 0 Å². The number of carbonyl (C=O) groups excluding carboxylic acids is 1. The van der Waals surface area contributed by atoms with Gasteiger partial charge >= 0.3 is 0 Å². The van der Waals surface area contributed by atoms with Crippen LogP contribution in [-0.4, -0.2) is 36.0 Å². The van der Waals surface area contributed by atoms with E-state index in [2.05, 4.69) is 35.9 Å². The van der Waals surface area contributed by atoms with Gasteiger partial charge in [0.25, 0.3) is 5.91 Å². The maximum absolute atomic E-state index is 12.4. The van der Waals surface area contributed by atoms with Gasteiger partial charge in [-0.15, -0.1) is 0 Å². The molecule has 0 saturated heterocycles. The third-order valence-corrected chi connectivity index (χ3v) is 7.29. The summed E-state index contributed by atoms with van der Waals surface area (Å²) in [5, 5.41) is 3.63. The van der Waals surface area contributed by atoms with Gasteiger partial charge in [0.15, 0.2) is 5.75 Å². The van der Waals surface area contributed by atoms with Gasteiger partial charge in [-0.3, -0.25) is 4.79 Å². The molecular formula is C29H35N5O2. The van der Waals surface area contributed by atoms with E-state index in [0.717, 1.165) is 55.9 Å². The van der Waals surface area contributed by atoms with Crippen LogP contribution in [-0.2, 0) is 12.8 Å². The highest BCUT2D eigenvalue weighted by Gasteiger charge is 2.26. The number of amides is 1. The van der Waals surface area contributed by atoms with Crippen molar-refractivity contribution in [3.05, 3.63) is 77.0 Å². The molecule has 0 radical (unpaired) electrons. The van der Waals surface area contributed by atoms with Crippen LogP contribution in [0.3, 0.4) is 0 Å². The summed E-state index contributed by atoms with van der Waals surface area (Å²) in [5.74, 6) is 2.66. The van der Waals surface area contributed by atoms with Crippen molar-refractivity contribution >= 4 is 17.7 Å². The number of hydroxylamine groups is 1. The minimum Gasteiger partial charge on any atom is -0.379 e. The van der Waals surface area contributed by atoms with Crippen LogP contribution in [0.15, 0.2) is 54.6 Å². The smallest absolute Gasteiger partial charge is 0.283 e. The monoisotopic (exact) mass is 485 g/mol. The fourth-order valence-electron chi connectivity index (χ4n) is 5.40. The van der Waals surface area contributed by atoms with Gasteiger partial charge < -0.3 is 15.1 Å². The molecule has 0 bridgehead atoms. The third-order valence-electron chi connectivity index (χ3n) is 7.29. The van der Waals surface area contributed by atoms with Crippen LogP contribution in [0, 0.1) is 0 Å². The van der Waals surface area contributed by atoms with E-state index in [1.54, 1.807) is 12.1 Å². The number of aryl methyl sites for hydroxylation is 1. The van der Waals surface area contributed by atoms with Crippen LogP contribution >= 0.6 is 0 Å². The molecule has 1 saturated carbocycles. The number of nitrogens with one attached hydrogen (secondary N) is 2. The molecule has 2 aromatic carbocycles. The number of para-hydroxylation sites is 1. The lowest BCUT2D eigenvalue weighted by Crippen LogP contribution is -2.29. The molecule has 2 aliphatic carbocycles. The lowest BCUT2D eigenvalue weighted by atomic mass is 9.81. The summed E-state index contributed by atoms with van der Waals surface area (Å²) < 4.78 is 0. The predicted octanol–water partition coefficient (Wildman–Crippen LogP) is 5.28. The predicted molar refractivity (Wildman–Crippen MR) is 143 cm³/mol. The summed E-state index contributed by atoms with van der Waals surface area (Å²) in [6, 6.07) is 17.5. The maximum Gasteiger partial charge on any atom is 0.283 e. The summed E-state index contributed by atoms with van der Waals surface area (Å²) in [7, 11) is 4.13. The van der Waals surface area contributed by atoms with Crippen LogP contribution in [0.4, 0.5) is 11.8 Å². The molecule has 7 heteroatoms. The molecule has 3 aromatic rings. The number of rotatable bonds is 7. The quantitative estimate of drug-likeness (QED) is 0.443. The summed E-state index contributed by atoms with van der Waals surface area (Å²) in [6.45, 7) is 0. The van der Waals surface area contributed by atoms with Gasteiger partial charge in [0, 0.05) is 36.8 Å². The van der Waals surface area contributed by atoms with Crippen molar-refractivity contribution in [1.29, 1.82) is 0 Å². The number of nitrogens with zero attached hydrogens (tertiary/aromatic N) is 3. The first-order valence-electron chi connectivity index (χ1n) is 13.0. The van der Waals surface area contributed by atoms with Gasteiger partial charge in [-0.05, 0) is 75.5 Å². The Balaban J connectivity index is 1.21. The molecule has 7 nitrogen and oxygen atoms in total. The Morgan fingerprint density at radius 3 is 2.42 bits per heavy atom. The Labute approximate surface area is 213 Å². The van der Waals surface area contributed by atoms with Crippen LogP contribution in [0.5, 0.6) is 5.75 Å². The normalized spacial score (nSPS) is 19.2. The van der Waals surface area contributed by atoms with Crippen molar-refractivity contribution in [2.75, 3.05) is 24.3 Å². The Morgan fingerprint density at radius 1 is 0.917 bits per heavy atom. The first-order chi connectivity index (χ1) is 17.6. The van der Waals surface area contributed by atoms with Crippen LogP contribution < -0.4 is 20.5 Å². The van der Waals surface area contributed by atoms with Gasteiger partial charge in [-0.1, -0.05) is 36.4 Å². The van der Waals surface area contributed by atoms with Crippen molar-refractivity contribution in [1.82, 2.24) is 15.4 Å². The molecule has 36 heavy (non-hydrogen) atoms. The van der Waals surface area contributed by atoms with Gasteiger partial charge in [0.2, 0.25) is 5.95 Å². The fraction of sp³-hybridized carbons (Fsp3) is 0.414. The number of carbonyl (C=O) groups is 1. The van der Waals surface area contributed by atoms with Gasteiger partial charge in [-0.2, -0.15) is 10.5 Å². The minimum atomic E-state index is -0.250. The van der Waals surface area contributed by atoms with E-state index in [9.17, 15) is 4.79 Å². The van der Waals surface area contributed by atoms with Gasteiger partial charge in [0.1, 0.15) is 5.82 Å². The first-order valence-corrected chi connectivity index (χ1v) is 13.0. The topological polar surface area (TPSA) is 79.4 Å². The highest BCUT2D eigenvalue weighted by Crippen LogP contribution is 2.38. The Kier molecular flexibility index (Phi) is 7.35. The summed E-state index contributed by atoms with van der Waals surface area (Å²) in [5.41, 5.74) is 6.84. The molecule has 0 unspecified atom stereocenters. The fourth-order valence-corrected chi connectivity index (χ4v) is 5.40. The van der Waals surface area contributed by atoms with Crippen molar-refractivity contribution in [3.8, 4) is 5.75 Å². The average Bonchev–Trinajstić information content (AvgIpc) is 2.92. The highest BCUT2D eigenvalue weighted by atomic mass is 16.7. The molecule has 1 fully saturated rings. The van der Waals surface area contributed by atoms with Crippen molar-refractivity contribution in [3.63, 3.8) is 0 Å². The molecule has 5 rings (SSSR count). The Hall–Kier alpha value is -3.61. The van der Waals surface area contributed by atoms with E-state index < -0.39 is 0 Å².